The van der Waals surface area contributed by atoms with Crippen LogP contribution in [0.4, 0.5) is 0 Å². The Hall–Kier alpha value is -1.06. The highest BCUT2D eigenvalue weighted by atomic mass is 16.5. The Morgan fingerprint density at radius 1 is 1.44 bits per heavy atom. The van der Waals surface area contributed by atoms with Crippen molar-refractivity contribution in [2.75, 3.05) is 6.61 Å². The van der Waals surface area contributed by atoms with E-state index in [0.29, 0.717) is 18.9 Å². The molecule has 2 unspecified atom stereocenters. The van der Waals surface area contributed by atoms with Crippen LogP contribution in [0, 0.1) is 0 Å². The van der Waals surface area contributed by atoms with E-state index in [1.807, 2.05) is 18.2 Å². The Morgan fingerprint density at radius 2 is 2.19 bits per heavy atom. The number of rotatable bonds is 1. The van der Waals surface area contributed by atoms with E-state index in [0.717, 1.165) is 11.3 Å². The number of hydrogen-bond donors (Lipinski definition) is 2. The Bertz CT molecular complexity index is 376. The van der Waals surface area contributed by atoms with E-state index in [9.17, 15) is 5.11 Å². The Labute approximate surface area is 96.2 Å². The van der Waals surface area contributed by atoms with Gasteiger partial charge in [0.25, 0.3) is 0 Å². The number of hydrogen-bond acceptors (Lipinski definition) is 3. The summed E-state index contributed by atoms with van der Waals surface area (Å²) >= 11 is 0. The third-order valence-corrected chi connectivity index (χ3v) is 3.13. The van der Waals surface area contributed by atoms with E-state index in [2.05, 4.69) is 13.8 Å². The second kappa shape index (κ2) is 4.44. The molecule has 0 radical (unpaired) electrons. The largest absolute Gasteiger partial charge is 0.493 e. The highest BCUT2D eigenvalue weighted by molar-refractivity contribution is 5.41. The van der Waals surface area contributed by atoms with E-state index in [1.54, 1.807) is 0 Å². The molecule has 1 aromatic carbocycles. The van der Waals surface area contributed by atoms with E-state index in [1.165, 1.54) is 5.56 Å². The van der Waals surface area contributed by atoms with Gasteiger partial charge in [0.2, 0.25) is 0 Å². The average molecular weight is 221 g/mol. The molecule has 3 nitrogen and oxygen atoms in total. The smallest absolute Gasteiger partial charge is 0.125 e. The van der Waals surface area contributed by atoms with Crippen LogP contribution in [-0.4, -0.2) is 17.8 Å². The van der Waals surface area contributed by atoms with Gasteiger partial charge in [0.05, 0.1) is 12.7 Å². The van der Waals surface area contributed by atoms with Gasteiger partial charge in [-0.1, -0.05) is 19.9 Å². The molecular formula is C13H19NO2. The fraction of sp³-hybridized carbons (Fsp3) is 0.538. The van der Waals surface area contributed by atoms with Crippen molar-refractivity contribution in [1.29, 1.82) is 0 Å². The van der Waals surface area contributed by atoms with Crippen molar-refractivity contribution in [1.82, 2.24) is 0 Å². The number of aliphatic hydroxyl groups is 1. The Morgan fingerprint density at radius 3 is 2.88 bits per heavy atom. The molecule has 0 saturated carbocycles. The van der Waals surface area contributed by atoms with Gasteiger partial charge in [0.15, 0.2) is 0 Å². The molecule has 2 rings (SSSR count). The van der Waals surface area contributed by atoms with Crippen LogP contribution in [0.2, 0.25) is 0 Å². The third kappa shape index (κ3) is 2.06. The molecule has 3 N–H and O–H groups in total. The predicted octanol–water partition coefficient (Wildman–Crippen LogP) is 1.95. The van der Waals surface area contributed by atoms with E-state index in [-0.39, 0.29) is 6.04 Å². The van der Waals surface area contributed by atoms with Crippen molar-refractivity contribution < 1.29 is 9.84 Å². The van der Waals surface area contributed by atoms with Crippen LogP contribution in [0.5, 0.6) is 5.75 Å². The topological polar surface area (TPSA) is 55.5 Å². The summed E-state index contributed by atoms with van der Waals surface area (Å²) in [4.78, 5) is 0. The molecule has 1 aliphatic heterocycles. The first-order chi connectivity index (χ1) is 7.59. The summed E-state index contributed by atoms with van der Waals surface area (Å²) < 4.78 is 5.58. The van der Waals surface area contributed by atoms with Crippen molar-refractivity contribution in [2.24, 2.45) is 5.73 Å². The maximum atomic E-state index is 10.1. The van der Waals surface area contributed by atoms with Crippen molar-refractivity contribution in [3.63, 3.8) is 0 Å². The minimum Gasteiger partial charge on any atom is -0.493 e. The first-order valence-electron chi connectivity index (χ1n) is 5.80. The Balaban J connectivity index is 2.42. The number of aliphatic hydroxyl groups excluding tert-OH is 1. The first kappa shape index (κ1) is 11.4. The van der Waals surface area contributed by atoms with Gasteiger partial charge < -0.3 is 15.6 Å². The number of benzene rings is 1. The SMILES string of the molecule is CC(C)c1ccc2c(c1)C(O)C(N)CCO2. The van der Waals surface area contributed by atoms with E-state index < -0.39 is 6.10 Å². The van der Waals surface area contributed by atoms with Crippen LogP contribution in [-0.2, 0) is 0 Å². The summed E-state index contributed by atoms with van der Waals surface area (Å²) in [5, 5.41) is 10.1. The molecule has 0 fully saturated rings. The van der Waals surface area contributed by atoms with Crippen molar-refractivity contribution in [2.45, 2.75) is 38.3 Å². The molecule has 1 aliphatic rings. The molecule has 0 aliphatic carbocycles. The summed E-state index contributed by atoms with van der Waals surface area (Å²) in [7, 11) is 0. The molecule has 1 heterocycles. The van der Waals surface area contributed by atoms with Crippen molar-refractivity contribution >= 4 is 0 Å². The lowest BCUT2D eigenvalue weighted by Gasteiger charge is -2.17. The standard InChI is InChI=1S/C13H19NO2/c1-8(2)9-3-4-12-10(7-9)13(15)11(14)5-6-16-12/h3-4,7-8,11,13,15H,5-6,14H2,1-2H3. The van der Waals surface area contributed by atoms with Crippen LogP contribution < -0.4 is 10.5 Å². The first-order valence-corrected chi connectivity index (χ1v) is 5.80. The average Bonchev–Trinajstić information content (AvgIpc) is 2.40. The molecule has 88 valence electrons. The zero-order chi connectivity index (χ0) is 11.7. The number of ether oxygens (including phenoxy) is 1. The molecule has 0 spiro atoms. The van der Waals surface area contributed by atoms with Gasteiger partial charge in [-0.25, -0.2) is 0 Å². The molecule has 0 amide bonds. The van der Waals surface area contributed by atoms with Gasteiger partial charge in [0.1, 0.15) is 5.75 Å². The monoisotopic (exact) mass is 221 g/mol. The lowest BCUT2D eigenvalue weighted by Crippen LogP contribution is -2.28. The van der Waals surface area contributed by atoms with Crippen molar-refractivity contribution in [3.8, 4) is 5.75 Å². The van der Waals surface area contributed by atoms with Gasteiger partial charge in [0, 0.05) is 11.6 Å². The molecule has 0 saturated heterocycles. The molecule has 0 bridgehead atoms. The number of nitrogens with two attached hydrogens (primary N) is 1. The van der Waals surface area contributed by atoms with E-state index >= 15 is 0 Å². The van der Waals surface area contributed by atoms with Gasteiger partial charge in [-0.15, -0.1) is 0 Å². The van der Waals surface area contributed by atoms with Crippen LogP contribution in [0.15, 0.2) is 18.2 Å². The maximum Gasteiger partial charge on any atom is 0.125 e. The summed E-state index contributed by atoms with van der Waals surface area (Å²) in [6.45, 7) is 4.84. The summed E-state index contributed by atoms with van der Waals surface area (Å²) in [5.74, 6) is 1.21. The quantitative estimate of drug-likeness (QED) is 0.762. The Kier molecular flexibility index (Phi) is 3.17. The zero-order valence-electron chi connectivity index (χ0n) is 9.81. The van der Waals surface area contributed by atoms with Gasteiger partial charge >= 0.3 is 0 Å². The molecule has 3 heteroatoms. The fourth-order valence-corrected chi connectivity index (χ4v) is 1.98. The second-order valence-electron chi connectivity index (χ2n) is 4.70. The normalized spacial score (nSPS) is 24.8. The van der Waals surface area contributed by atoms with Crippen LogP contribution in [0.25, 0.3) is 0 Å². The third-order valence-electron chi connectivity index (χ3n) is 3.13. The molecule has 0 aromatic heterocycles. The minimum atomic E-state index is -0.615. The summed E-state index contributed by atoms with van der Waals surface area (Å²) in [5.41, 5.74) is 7.92. The van der Waals surface area contributed by atoms with Crippen molar-refractivity contribution in [3.05, 3.63) is 29.3 Å². The molecular weight excluding hydrogens is 202 g/mol. The minimum absolute atomic E-state index is 0.233. The predicted molar refractivity (Wildman–Crippen MR) is 63.6 cm³/mol. The lowest BCUT2D eigenvalue weighted by molar-refractivity contribution is 0.144. The summed E-state index contributed by atoms with van der Waals surface area (Å²) in [6.07, 6.45) is 0.0727. The number of fused-ring (bicyclic) bond motifs is 1. The zero-order valence-corrected chi connectivity index (χ0v) is 9.81. The fourth-order valence-electron chi connectivity index (χ4n) is 1.98. The van der Waals surface area contributed by atoms with Gasteiger partial charge in [-0.05, 0) is 30.0 Å². The molecule has 2 atom stereocenters. The summed E-state index contributed by atoms with van der Waals surface area (Å²) in [6, 6.07) is 5.76. The maximum absolute atomic E-state index is 10.1. The second-order valence-corrected chi connectivity index (χ2v) is 4.70. The van der Waals surface area contributed by atoms with Crippen LogP contribution in [0.1, 0.15) is 43.4 Å². The van der Waals surface area contributed by atoms with Gasteiger partial charge in [-0.3, -0.25) is 0 Å². The highest BCUT2D eigenvalue weighted by Crippen LogP contribution is 2.33. The van der Waals surface area contributed by atoms with Crippen LogP contribution in [0.3, 0.4) is 0 Å². The van der Waals surface area contributed by atoms with E-state index in [4.69, 9.17) is 10.5 Å². The van der Waals surface area contributed by atoms with Crippen LogP contribution >= 0.6 is 0 Å². The highest BCUT2D eigenvalue weighted by Gasteiger charge is 2.24. The van der Waals surface area contributed by atoms with Gasteiger partial charge in [-0.2, -0.15) is 0 Å². The lowest BCUT2D eigenvalue weighted by atomic mass is 9.95. The molecule has 16 heavy (non-hydrogen) atoms. The molecule has 1 aromatic rings.